The molecular weight excluding hydrogens is 316 g/mol. The minimum absolute atomic E-state index is 0.184. The van der Waals surface area contributed by atoms with Gasteiger partial charge in [-0.3, -0.25) is 4.98 Å². The molecule has 1 atom stereocenters. The number of carbonyl (C=O) groups is 1. The molecular formula is C20H20N2O3. The van der Waals surface area contributed by atoms with E-state index in [1.807, 2.05) is 36.4 Å². The number of ether oxygens (including phenoxy) is 2. The maximum absolute atomic E-state index is 11.1. The fourth-order valence-corrected chi connectivity index (χ4v) is 2.29. The lowest BCUT2D eigenvalue weighted by Gasteiger charge is -2.10. The van der Waals surface area contributed by atoms with Gasteiger partial charge in [-0.25, -0.2) is 4.79 Å². The Bertz CT molecular complexity index is 734. The quantitative estimate of drug-likeness (QED) is 0.417. The Kier molecular flexibility index (Phi) is 7.20. The van der Waals surface area contributed by atoms with Crippen molar-refractivity contribution < 1.29 is 14.3 Å². The van der Waals surface area contributed by atoms with Crippen LogP contribution in [0, 0.1) is 11.3 Å². The molecule has 0 amide bonds. The van der Waals surface area contributed by atoms with Gasteiger partial charge in [0, 0.05) is 12.3 Å². The number of rotatable bonds is 8. The number of nitriles is 1. The Morgan fingerprint density at radius 1 is 1.32 bits per heavy atom. The van der Waals surface area contributed by atoms with Crippen LogP contribution in [0.15, 0.2) is 54.9 Å². The molecule has 0 aliphatic heterocycles. The van der Waals surface area contributed by atoms with Gasteiger partial charge < -0.3 is 9.47 Å². The molecule has 0 fully saturated rings. The van der Waals surface area contributed by atoms with E-state index in [2.05, 4.69) is 15.8 Å². The predicted molar refractivity (Wildman–Crippen MR) is 94.8 cm³/mol. The first-order valence-corrected chi connectivity index (χ1v) is 8.01. The standard InChI is InChI=1S/C20H20N2O3/c1-24-20(23)11-8-16-6-9-17(10-7-16)18(14-21)4-3-13-25-19-5-2-12-22-15-19/h2,5-12,15,18H,3-4,13H2,1H3. The maximum atomic E-state index is 11.1. The summed E-state index contributed by atoms with van der Waals surface area (Å²) in [5.74, 6) is 0.154. The van der Waals surface area contributed by atoms with Gasteiger partial charge in [-0.2, -0.15) is 5.26 Å². The normalized spacial score (nSPS) is 11.7. The SMILES string of the molecule is COC(=O)C=Cc1ccc(C(C#N)CCCOc2cccnc2)cc1. The first-order valence-electron chi connectivity index (χ1n) is 8.01. The molecule has 2 aromatic rings. The zero-order valence-corrected chi connectivity index (χ0v) is 14.1. The lowest BCUT2D eigenvalue weighted by Crippen LogP contribution is -2.02. The van der Waals surface area contributed by atoms with Crippen LogP contribution in [0.1, 0.15) is 29.9 Å². The molecule has 1 unspecified atom stereocenters. The molecule has 0 saturated heterocycles. The number of methoxy groups -OCH3 is 1. The Morgan fingerprint density at radius 2 is 2.12 bits per heavy atom. The molecule has 128 valence electrons. The average Bonchev–Trinajstić information content (AvgIpc) is 2.67. The number of aromatic nitrogens is 1. The van der Waals surface area contributed by atoms with Crippen LogP contribution in [-0.2, 0) is 9.53 Å². The van der Waals surface area contributed by atoms with Gasteiger partial charge in [0.15, 0.2) is 0 Å². The minimum atomic E-state index is -0.396. The van der Waals surface area contributed by atoms with Crippen molar-refractivity contribution in [2.45, 2.75) is 18.8 Å². The number of hydrogen-bond donors (Lipinski definition) is 0. The first kappa shape index (κ1) is 18.2. The van der Waals surface area contributed by atoms with E-state index in [1.54, 1.807) is 18.5 Å². The topological polar surface area (TPSA) is 72.2 Å². The average molecular weight is 336 g/mol. The molecule has 1 heterocycles. The number of carbonyl (C=O) groups excluding carboxylic acids is 1. The third-order valence-corrected chi connectivity index (χ3v) is 3.65. The molecule has 0 bridgehead atoms. The van der Waals surface area contributed by atoms with Gasteiger partial charge in [0.2, 0.25) is 0 Å². The second kappa shape index (κ2) is 9.89. The summed E-state index contributed by atoms with van der Waals surface area (Å²) < 4.78 is 10.1. The highest BCUT2D eigenvalue weighted by molar-refractivity contribution is 5.86. The fraction of sp³-hybridized carbons (Fsp3) is 0.250. The number of pyridine rings is 1. The van der Waals surface area contributed by atoms with Crippen LogP contribution < -0.4 is 4.74 Å². The van der Waals surface area contributed by atoms with Crippen molar-refractivity contribution in [3.63, 3.8) is 0 Å². The van der Waals surface area contributed by atoms with Crippen molar-refractivity contribution in [2.24, 2.45) is 0 Å². The second-order valence-corrected chi connectivity index (χ2v) is 5.38. The van der Waals surface area contributed by atoms with E-state index < -0.39 is 5.97 Å². The highest BCUT2D eigenvalue weighted by Gasteiger charge is 2.10. The van der Waals surface area contributed by atoms with Crippen LogP contribution in [0.25, 0.3) is 6.08 Å². The summed E-state index contributed by atoms with van der Waals surface area (Å²) in [6, 6.07) is 13.6. The number of benzene rings is 1. The molecule has 0 aliphatic rings. The van der Waals surface area contributed by atoms with Crippen molar-refractivity contribution >= 4 is 12.0 Å². The van der Waals surface area contributed by atoms with Crippen molar-refractivity contribution in [1.82, 2.24) is 4.98 Å². The van der Waals surface area contributed by atoms with E-state index in [-0.39, 0.29) is 5.92 Å². The largest absolute Gasteiger partial charge is 0.492 e. The maximum Gasteiger partial charge on any atom is 0.330 e. The zero-order chi connectivity index (χ0) is 17.9. The lowest BCUT2D eigenvalue weighted by molar-refractivity contribution is -0.134. The van der Waals surface area contributed by atoms with Crippen molar-refractivity contribution in [3.05, 3.63) is 66.0 Å². The summed E-state index contributed by atoms with van der Waals surface area (Å²) in [4.78, 5) is 15.1. The molecule has 0 aliphatic carbocycles. The van der Waals surface area contributed by atoms with E-state index in [4.69, 9.17) is 4.74 Å². The Labute approximate surface area is 147 Å². The van der Waals surface area contributed by atoms with Gasteiger partial charge in [-0.15, -0.1) is 0 Å². The number of hydrogen-bond acceptors (Lipinski definition) is 5. The lowest BCUT2D eigenvalue weighted by atomic mass is 9.95. The third-order valence-electron chi connectivity index (χ3n) is 3.65. The van der Waals surface area contributed by atoms with E-state index in [0.717, 1.165) is 23.3 Å². The Morgan fingerprint density at radius 3 is 2.76 bits per heavy atom. The second-order valence-electron chi connectivity index (χ2n) is 5.38. The molecule has 1 aromatic carbocycles. The molecule has 25 heavy (non-hydrogen) atoms. The van der Waals surface area contributed by atoms with Crippen LogP contribution in [0.2, 0.25) is 0 Å². The summed E-state index contributed by atoms with van der Waals surface area (Å²) in [5, 5.41) is 9.40. The van der Waals surface area contributed by atoms with Gasteiger partial charge >= 0.3 is 5.97 Å². The molecule has 1 aromatic heterocycles. The summed E-state index contributed by atoms with van der Waals surface area (Å²) >= 11 is 0. The molecule has 0 radical (unpaired) electrons. The van der Waals surface area contributed by atoms with E-state index >= 15 is 0 Å². The van der Waals surface area contributed by atoms with E-state index in [0.29, 0.717) is 13.0 Å². The highest BCUT2D eigenvalue weighted by Crippen LogP contribution is 2.21. The summed E-state index contributed by atoms with van der Waals surface area (Å²) in [6.45, 7) is 0.545. The summed E-state index contributed by atoms with van der Waals surface area (Å²) in [5.41, 5.74) is 1.84. The van der Waals surface area contributed by atoms with Crippen LogP contribution in [0.5, 0.6) is 5.75 Å². The van der Waals surface area contributed by atoms with E-state index in [1.165, 1.54) is 13.2 Å². The zero-order valence-electron chi connectivity index (χ0n) is 14.1. The third kappa shape index (κ3) is 6.11. The smallest absolute Gasteiger partial charge is 0.330 e. The van der Waals surface area contributed by atoms with Gasteiger partial charge in [-0.1, -0.05) is 24.3 Å². The van der Waals surface area contributed by atoms with Gasteiger partial charge in [-0.05, 0) is 42.2 Å². The number of nitrogens with zero attached hydrogens (tertiary/aromatic N) is 2. The van der Waals surface area contributed by atoms with Crippen LogP contribution in [0.3, 0.4) is 0 Å². The Balaban J connectivity index is 1.84. The van der Waals surface area contributed by atoms with Crippen molar-refractivity contribution in [1.29, 1.82) is 5.26 Å². The first-order chi connectivity index (χ1) is 12.2. The summed E-state index contributed by atoms with van der Waals surface area (Å²) in [7, 11) is 1.34. The van der Waals surface area contributed by atoms with Crippen molar-refractivity contribution in [3.8, 4) is 11.8 Å². The minimum Gasteiger partial charge on any atom is -0.492 e. The predicted octanol–water partition coefficient (Wildman–Crippen LogP) is 3.73. The van der Waals surface area contributed by atoms with Gasteiger partial charge in [0.25, 0.3) is 0 Å². The molecule has 0 saturated carbocycles. The van der Waals surface area contributed by atoms with Crippen LogP contribution in [0.4, 0.5) is 0 Å². The van der Waals surface area contributed by atoms with E-state index in [9.17, 15) is 10.1 Å². The Hall–Kier alpha value is -3.13. The highest BCUT2D eigenvalue weighted by atomic mass is 16.5. The van der Waals surface area contributed by atoms with Gasteiger partial charge in [0.05, 0.1) is 31.9 Å². The fourth-order valence-electron chi connectivity index (χ4n) is 2.29. The van der Waals surface area contributed by atoms with Crippen LogP contribution >= 0.6 is 0 Å². The molecule has 0 N–H and O–H groups in total. The monoisotopic (exact) mass is 336 g/mol. The molecule has 2 rings (SSSR count). The van der Waals surface area contributed by atoms with Crippen molar-refractivity contribution in [2.75, 3.05) is 13.7 Å². The molecule has 5 nitrogen and oxygen atoms in total. The number of esters is 1. The van der Waals surface area contributed by atoms with Crippen LogP contribution in [-0.4, -0.2) is 24.7 Å². The molecule has 5 heteroatoms. The molecule has 0 spiro atoms. The van der Waals surface area contributed by atoms with Gasteiger partial charge in [0.1, 0.15) is 5.75 Å². The summed E-state index contributed by atoms with van der Waals surface area (Å²) in [6.07, 6.45) is 7.90.